The fourth-order valence-electron chi connectivity index (χ4n) is 3.55. The zero-order valence-corrected chi connectivity index (χ0v) is 15.8. The molecule has 4 nitrogen and oxygen atoms in total. The van der Waals surface area contributed by atoms with E-state index in [0.29, 0.717) is 18.8 Å². The molecule has 1 atom stereocenters. The fourth-order valence-corrected chi connectivity index (χ4v) is 4.16. The largest absolute Gasteiger partial charge is 0.354 e. The number of carbonyl (C=O) groups is 2. The van der Waals surface area contributed by atoms with E-state index in [1.54, 1.807) is 11.8 Å². The molecule has 0 unspecified atom stereocenters. The molecule has 1 aliphatic rings. The summed E-state index contributed by atoms with van der Waals surface area (Å²) in [5.74, 6) is 0.0328. The van der Waals surface area contributed by atoms with Crippen LogP contribution in [-0.4, -0.2) is 40.9 Å². The zero-order valence-electron chi connectivity index (χ0n) is 15.0. The van der Waals surface area contributed by atoms with Crippen molar-refractivity contribution in [2.45, 2.75) is 31.6 Å². The molecular formula is C20H24N2O2S. The van der Waals surface area contributed by atoms with Gasteiger partial charge in [-0.25, -0.2) is 0 Å². The number of Topliss-reactive ketones (excluding diaryl/α,β-unsaturated/α-hetero) is 1. The van der Waals surface area contributed by atoms with E-state index < -0.39 is 0 Å². The Balaban J connectivity index is 1.78. The standard InChI is InChI=1S/C20H24N2O2S/c1-13-11-14(2)21-18(13)20(24)22-10-6-7-15(12-22)19(23)16-8-4-5-9-17(16)25-3/h4-5,8-9,11,15,21H,6-7,10,12H2,1-3H3/t15-/m0/s1. The number of aromatic amines is 1. The Morgan fingerprint density at radius 2 is 2.00 bits per heavy atom. The van der Waals surface area contributed by atoms with Crippen molar-refractivity contribution in [3.8, 4) is 0 Å². The fraction of sp³-hybridized carbons (Fsp3) is 0.400. The highest BCUT2D eigenvalue weighted by Crippen LogP contribution is 2.27. The maximum atomic E-state index is 13.0. The van der Waals surface area contributed by atoms with Gasteiger partial charge in [0, 0.05) is 35.2 Å². The Morgan fingerprint density at radius 1 is 1.24 bits per heavy atom. The van der Waals surface area contributed by atoms with Crippen LogP contribution in [0.3, 0.4) is 0 Å². The molecule has 0 spiro atoms. The van der Waals surface area contributed by atoms with Crippen LogP contribution in [0.2, 0.25) is 0 Å². The van der Waals surface area contributed by atoms with Gasteiger partial charge >= 0.3 is 0 Å². The average Bonchev–Trinajstić information content (AvgIpc) is 2.98. The van der Waals surface area contributed by atoms with Gasteiger partial charge in [-0.1, -0.05) is 18.2 Å². The Labute approximate surface area is 153 Å². The summed E-state index contributed by atoms with van der Waals surface area (Å²) in [6.45, 7) is 5.10. The van der Waals surface area contributed by atoms with Crippen LogP contribution in [0.4, 0.5) is 0 Å². The monoisotopic (exact) mass is 356 g/mol. The second kappa shape index (κ2) is 7.48. The molecule has 1 aromatic carbocycles. The number of nitrogens with one attached hydrogen (secondary N) is 1. The molecule has 3 rings (SSSR count). The lowest BCUT2D eigenvalue weighted by molar-refractivity contribution is 0.0631. The maximum absolute atomic E-state index is 13.0. The van der Waals surface area contributed by atoms with Crippen molar-refractivity contribution < 1.29 is 9.59 Å². The highest BCUT2D eigenvalue weighted by Gasteiger charge is 2.31. The molecule has 25 heavy (non-hydrogen) atoms. The molecule has 1 aromatic heterocycles. The van der Waals surface area contributed by atoms with Gasteiger partial charge in [-0.3, -0.25) is 9.59 Å². The predicted molar refractivity (Wildman–Crippen MR) is 101 cm³/mol. The number of aryl methyl sites for hydroxylation is 2. The summed E-state index contributed by atoms with van der Waals surface area (Å²) in [5.41, 5.74) is 3.37. The summed E-state index contributed by atoms with van der Waals surface area (Å²) < 4.78 is 0. The zero-order chi connectivity index (χ0) is 18.0. The lowest BCUT2D eigenvalue weighted by atomic mass is 9.89. The number of thioether (sulfide) groups is 1. The Kier molecular flexibility index (Phi) is 5.33. The molecule has 0 bridgehead atoms. The minimum atomic E-state index is -0.123. The summed E-state index contributed by atoms with van der Waals surface area (Å²) in [6, 6.07) is 9.72. The molecule has 5 heteroatoms. The van der Waals surface area contributed by atoms with Crippen LogP contribution in [0, 0.1) is 19.8 Å². The van der Waals surface area contributed by atoms with Gasteiger partial charge in [-0.15, -0.1) is 11.8 Å². The molecule has 1 saturated heterocycles. The Hall–Kier alpha value is -2.01. The van der Waals surface area contributed by atoms with E-state index in [0.717, 1.165) is 34.6 Å². The van der Waals surface area contributed by atoms with Crippen LogP contribution in [0.1, 0.15) is 44.9 Å². The molecule has 0 radical (unpaired) electrons. The molecule has 2 aromatic rings. The normalized spacial score (nSPS) is 17.6. The molecule has 0 aliphatic carbocycles. The van der Waals surface area contributed by atoms with Crippen molar-refractivity contribution in [2.24, 2.45) is 5.92 Å². The lowest BCUT2D eigenvalue weighted by Gasteiger charge is -2.32. The van der Waals surface area contributed by atoms with Crippen molar-refractivity contribution in [3.63, 3.8) is 0 Å². The van der Waals surface area contributed by atoms with Gasteiger partial charge in [0.05, 0.1) is 0 Å². The number of amides is 1. The number of likely N-dealkylation sites (tertiary alicyclic amines) is 1. The van der Waals surface area contributed by atoms with E-state index in [-0.39, 0.29) is 17.6 Å². The van der Waals surface area contributed by atoms with Gasteiger partial charge in [-0.2, -0.15) is 0 Å². The number of hydrogen-bond donors (Lipinski definition) is 1. The molecule has 2 heterocycles. The van der Waals surface area contributed by atoms with Gasteiger partial charge in [0.25, 0.3) is 5.91 Å². The predicted octanol–water partition coefficient (Wildman–Crippen LogP) is 4.09. The number of nitrogens with zero attached hydrogens (tertiary/aromatic N) is 1. The number of aromatic nitrogens is 1. The summed E-state index contributed by atoms with van der Waals surface area (Å²) in [6.07, 6.45) is 3.69. The van der Waals surface area contributed by atoms with Crippen LogP contribution < -0.4 is 0 Å². The number of H-pyrrole nitrogens is 1. The molecule has 1 aliphatic heterocycles. The molecular weight excluding hydrogens is 332 g/mol. The lowest BCUT2D eigenvalue weighted by Crippen LogP contribution is -2.42. The van der Waals surface area contributed by atoms with Crippen molar-refractivity contribution in [1.29, 1.82) is 0 Å². The molecule has 1 N–H and O–H groups in total. The van der Waals surface area contributed by atoms with Crippen molar-refractivity contribution in [1.82, 2.24) is 9.88 Å². The first-order valence-electron chi connectivity index (χ1n) is 8.64. The first-order chi connectivity index (χ1) is 12.0. The summed E-state index contributed by atoms with van der Waals surface area (Å²) in [7, 11) is 0. The number of hydrogen-bond acceptors (Lipinski definition) is 3. The number of rotatable bonds is 4. The third-order valence-electron chi connectivity index (χ3n) is 4.82. The first-order valence-corrected chi connectivity index (χ1v) is 9.86. The molecule has 0 saturated carbocycles. The average molecular weight is 356 g/mol. The van der Waals surface area contributed by atoms with Gasteiger partial charge < -0.3 is 9.88 Å². The third kappa shape index (κ3) is 3.66. The highest BCUT2D eigenvalue weighted by molar-refractivity contribution is 7.98. The summed E-state index contributed by atoms with van der Waals surface area (Å²) in [4.78, 5) is 31.8. The van der Waals surface area contributed by atoms with Gasteiger partial charge in [0.15, 0.2) is 5.78 Å². The van der Waals surface area contributed by atoms with Crippen molar-refractivity contribution >= 4 is 23.5 Å². The summed E-state index contributed by atoms with van der Waals surface area (Å²) in [5, 5.41) is 0. The van der Waals surface area contributed by atoms with E-state index in [9.17, 15) is 9.59 Å². The SMILES string of the molecule is CSc1ccccc1C(=O)[C@H]1CCCN(C(=O)c2[nH]c(C)cc2C)C1. The van der Waals surface area contributed by atoms with Crippen LogP contribution >= 0.6 is 11.8 Å². The smallest absolute Gasteiger partial charge is 0.270 e. The van der Waals surface area contributed by atoms with Crippen LogP contribution in [0.25, 0.3) is 0 Å². The minimum Gasteiger partial charge on any atom is -0.354 e. The van der Waals surface area contributed by atoms with E-state index >= 15 is 0 Å². The first kappa shape index (κ1) is 17.8. The molecule has 1 fully saturated rings. The third-order valence-corrected chi connectivity index (χ3v) is 5.61. The topological polar surface area (TPSA) is 53.2 Å². The van der Waals surface area contributed by atoms with Gasteiger partial charge in [0.1, 0.15) is 5.69 Å². The van der Waals surface area contributed by atoms with Crippen LogP contribution in [0.15, 0.2) is 35.2 Å². The summed E-state index contributed by atoms with van der Waals surface area (Å²) >= 11 is 1.59. The van der Waals surface area contributed by atoms with Gasteiger partial charge in [-0.05, 0) is 50.6 Å². The number of benzene rings is 1. The van der Waals surface area contributed by atoms with E-state index in [1.807, 2.05) is 55.3 Å². The quantitative estimate of drug-likeness (QED) is 0.663. The Morgan fingerprint density at radius 3 is 2.68 bits per heavy atom. The van der Waals surface area contributed by atoms with Crippen molar-refractivity contribution in [3.05, 3.63) is 52.8 Å². The minimum absolute atomic E-state index is 0.00116. The number of ketones is 1. The van der Waals surface area contributed by atoms with Crippen LogP contribution in [0.5, 0.6) is 0 Å². The van der Waals surface area contributed by atoms with Crippen LogP contribution in [-0.2, 0) is 0 Å². The maximum Gasteiger partial charge on any atom is 0.270 e. The molecule has 1 amide bonds. The van der Waals surface area contributed by atoms with E-state index in [1.165, 1.54) is 0 Å². The second-order valence-electron chi connectivity index (χ2n) is 6.67. The number of piperidine rings is 1. The second-order valence-corrected chi connectivity index (χ2v) is 7.51. The highest BCUT2D eigenvalue weighted by atomic mass is 32.2. The van der Waals surface area contributed by atoms with Gasteiger partial charge in [0.2, 0.25) is 0 Å². The Bertz CT molecular complexity index is 797. The van der Waals surface area contributed by atoms with E-state index in [4.69, 9.17) is 0 Å². The number of carbonyl (C=O) groups excluding carboxylic acids is 2. The van der Waals surface area contributed by atoms with Crippen molar-refractivity contribution in [2.75, 3.05) is 19.3 Å². The van der Waals surface area contributed by atoms with E-state index in [2.05, 4.69) is 4.98 Å². The molecule has 132 valence electrons.